The maximum atomic E-state index is 5.55. The van der Waals surface area contributed by atoms with Gasteiger partial charge in [-0.2, -0.15) is 15.0 Å². The second-order valence-corrected chi connectivity index (χ2v) is 4.38. The highest BCUT2D eigenvalue weighted by Gasteiger charge is 2.16. The third-order valence-electron chi connectivity index (χ3n) is 2.79. The van der Waals surface area contributed by atoms with Crippen molar-refractivity contribution in [2.75, 3.05) is 37.4 Å². The van der Waals surface area contributed by atoms with E-state index in [9.17, 15) is 0 Å². The molecule has 106 valence electrons. The molecule has 1 aromatic rings. The lowest BCUT2D eigenvalue weighted by Gasteiger charge is -2.12. The van der Waals surface area contributed by atoms with Gasteiger partial charge in [-0.15, -0.1) is 0 Å². The second-order valence-electron chi connectivity index (χ2n) is 4.38. The lowest BCUT2D eigenvalue weighted by Crippen LogP contribution is -2.20. The molecular formula is C12H21N5O2. The fourth-order valence-corrected chi connectivity index (χ4v) is 1.82. The van der Waals surface area contributed by atoms with Crippen LogP contribution in [0.15, 0.2) is 0 Å². The van der Waals surface area contributed by atoms with Gasteiger partial charge in [0.05, 0.1) is 12.7 Å². The maximum absolute atomic E-state index is 5.55. The SMILES string of the molecule is CCCOc1nc(NC)nc(NCC2CCCO2)n1. The molecule has 0 spiro atoms. The Morgan fingerprint density at radius 1 is 1.32 bits per heavy atom. The van der Waals surface area contributed by atoms with E-state index in [1.165, 1.54) is 0 Å². The number of rotatable bonds is 7. The standard InChI is InChI=1S/C12H21N5O2/c1-3-6-19-12-16-10(13-2)15-11(17-12)14-8-9-5-4-7-18-9/h9H,3-8H2,1-2H3,(H2,13,14,15,16,17). The van der Waals surface area contributed by atoms with E-state index in [1.807, 2.05) is 6.92 Å². The topological polar surface area (TPSA) is 81.2 Å². The van der Waals surface area contributed by atoms with Gasteiger partial charge in [0, 0.05) is 20.2 Å². The molecule has 1 aromatic heterocycles. The van der Waals surface area contributed by atoms with E-state index in [-0.39, 0.29) is 6.10 Å². The molecule has 19 heavy (non-hydrogen) atoms. The first-order chi connectivity index (χ1) is 9.31. The Labute approximate surface area is 113 Å². The minimum atomic E-state index is 0.245. The van der Waals surface area contributed by atoms with Crippen molar-refractivity contribution in [3.05, 3.63) is 0 Å². The van der Waals surface area contributed by atoms with Crippen molar-refractivity contribution in [3.63, 3.8) is 0 Å². The number of hydrogen-bond acceptors (Lipinski definition) is 7. The minimum Gasteiger partial charge on any atom is -0.463 e. The zero-order valence-electron chi connectivity index (χ0n) is 11.5. The van der Waals surface area contributed by atoms with E-state index in [4.69, 9.17) is 9.47 Å². The van der Waals surface area contributed by atoms with Crippen LogP contribution in [0.25, 0.3) is 0 Å². The highest BCUT2D eigenvalue weighted by atomic mass is 16.5. The first-order valence-corrected chi connectivity index (χ1v) is 6.74. The predicted molar refractivity (Wildman–Crippen MR) is 72.6 cm³/mol. The van der Waals surface area contributed by atoms with Crippen molar-refractivity contribution in [2.24, 2.45) is 0 Å². The van der Waals surface area contributed by atoms with Crippen molar-refractivity contribution in [3.8, 4) is 6.01 Å². The quantitative estimate of drug-likeness (QED) is 0.770. The molecule has 1 atom stereocenters. The maximum Gasteiger partial charge on any atom is 0.323 e. The Balaban J connectivity index is 1.96. The van der Waals surface area contributed by atoms with Gasteiger partial charge in [0.15, 0.2) is 0 Å². The van der Waals surface area contributed by atoms with Gasteiger partial charge >= 0.3 is 6.01 Å². The van der Waals surface area contributed by atoms with Crippen LogP contribution in [0.3, 0.4) is 0 Å². The third kappa shape index (κ3) is 4.20. The van der Waals surface area contributed by atoms with Crippen LogP contribution in [0.2, 0.25) is 0 Å². The Morgan fingerprint density at radius 3 is 2.84 bits per heavy atom. The van der Waals surface area contributed by atoms with Gasteiger partial charge in [0.25, 0.3) is 0 Å². The summed E-state index contributed by atoms with van der Waals surface area (Å²) in [7, 11) is 1.77. The van der Waals surface area contributed by atoms with Gasteiger partial charge in [-0.3, -0.25) is 0 Å². The molecule has 0 aliphatic carbocycles. The van der Waals surface area contributed by atoms with E-state index in [0.717, 1.165) is 25.9 Å². The molecule has 2 rings (SSSR count). The summed E-state index contributed by atoms with van der Waals surface area (Å²) >= 11 is 0. The van der Waals surface area contributed by atoms with E-state index >= 15 is 0 Å². The molecule has 1 saturated heterocycles. The summed E-state index contributed by atoms with van der Waals surface area (Å²) in [6.07, 6.45) is 3.36. The molecular weight excluding hydrogens is 246 g/mol. The highest BCUT2D eigenvalue weighted by Crippen LogP contribution is 2.14. The monoisotopic (exact) mass is 267 g/mol. The summed E-state index contributed by atoms with van der Waals surface area (Å²) in [5, 5.41) is 6.07. The molecule has 1 unspecified atom stereocenters. The molecule has 2 heterocycles. The lowest BCUT2D eigenvalue weighted by molar-refractivity contribution is 0.120. The van der Waals surface area contributed by atoms with E-state index in [1.54, 1.807) is 7.05 Å². The van der Waals surface area contributed by atoms with E-state index < -0.39 is 0 Å². The number of ether oxygens (including phenoxy) is 2. The Bertz CT molecular complexity index is 396. The first kappa shape index (κ1) is 13.8. The normalized spacial score (nSPS) is 18.3. The molecule has 1 aliphatic rings. The van der Waals surface area contributed by atoms with Crippen LogP contribution in [0.5, 0.6) is 6.01 Å². The zero-order chi connectivity index (χ0) is 13.5. The van der Waals surface area contributed by atoms with E-state index in [0.29, 0.717) is 31.1 Å². The van der Waals surface area contributed by atoms with Crippen LogP contribution in [0, 0.1) is 0 Å². The molecule has 0 bridgehead atoms. The van der Waals surface area contributed by atoms with E-state index in [2.05, 4.69) is 25.6 Å². The van der Waals surface area contributed by atoms with Crippen LogP contribution in [0.1, 0.15) is 26.2 Å². The number of aromatic nitrogens is 3. The van der Waals surface area contributed by atoms with Gasteiger partial charge in [0.2, 0.25) is 11.9 Å². The molecule has 0 radical (unpaired) electrons. The smallest absolute Gasteiger partial charge is 0.323 e. The molecule has 1 fully saturated rings. The minimum absolute atomic E-state index is 0.245. The van der Waals surface area contributed by atoms with Crippen LogP contribution in [0.4, 0.5) is 11.9 Å². The summed E-state index contributed by atoms with van der Waals surface area (Å²) < 4.78 is 11.0. The Morgan fingerprint density at radius 2 is 2.16 bits per heavy atom. The number of nitrogens with one attached hydrogen (secondary N) is 2. The van der Waals surface area contributed by atoms with Gasteiger partial charge in [-0.1, -0.05) is 6.92 Å². The zero-order valence-corrected chi connectivity index (χ0v) is 11.5. The van der Waals surface area contributed by atoms with Crippen molar-refractivity contribution < 1.29 is 9.47 Å². The van der Waals surface area contributed by atoms with Gasteiger partial charge in [0.1, 0.15) is 0 Å². The molecule has 2 N–H and O–H groups in total. The summed E-state index contributed by atoms with van der Waals surface area (Å²) in [5.74, 6) is 1.01. The molecule has 0 aromatic carbocycles. The summed E-state index contributed by atoms with van der Waals surface area (Å²) in [5.41, 5.74) is 0. The molecule has 0 saturated carbocycles. The molecule has 7 nitrogen and oxygen atoms in total. The summed E-state index contributed by atoms with van der Waals surface area (Å²) in [6.45, 7) is 4.19. The van der Waals surface area contributed by atoms with Crippen LogP contribution in [-0.4, -0.2) is 47.9 Å². The number of anilines is 2. The second kappa shape index (κ2) is 7.08. The Kier molecular flexibility index (Phi) is 5.14. The fraction of sp³-hybridized carbons (Fsp3) is 0.750. The largest absolute Gasteiger partial charge is 0.463 e. The predicted octanol–water partition coefficient (Wildman–Crippen LogP) is 1.29. The number of hydrogen-bond donors (Lipinski definition) is 2. The Hall–Kier alpha value is -1.63. The highest BCUT2D eigenvalue weighted by molar-refractivity contribution is 5.35. The first-order valence-electron chi connectivity index (χ1n) is 6.74. The molecule has 7 heteroatoms. The van der Waals surface area contributed by atoms with Gasteiger partial charge < -0.3 is 20.1 Å². The summed E-state index contributed by atoms with van der Waals surface area (Å²) in [4.78, 5) is 12.6. The lowest BCUT2D eigenvalue weighted by atomic mass is 10.2. The molecule has 0 amide bonds. The van der Waals surface area contributed by atoms with Crippen LogP contribution < -0.4 is 15.4 Å². The fourth-order valence-electron chi connectivity index (χ4n) is 1.82. The summed E-state index contributed by atoms with van der Waals surface area (Å²) in [6, 6.07) is 0.344. The molecule has 1 aliphatic heterocycles. The van der Waals surface area contributed by atoms with Gasteiger partial charge in [-0.05, 0) is 19.3 Å². The average Bonchev–Trinajstić information content (AvgIpc) is 2.96. The van der Waals surface area contributed by atoms with Crippen LogP contribution in [-0.2, 0) is 4.74 Å². The average molecular weight is 267 g/mol. The number of nitrogens with zero attached hydrogens (tertiary/aromatic N) is 3. The van der Waals surface area contributed by atoms with Crippen molar-refractivity contribution in [1.82, 2.24) is 15.0 Å². The van der Waals surface area contributed by atoms with Crippen molar-refractivity contribution >= 4 is 11.9 Å². The van der Waals surface area contributed by atoms with Crippen molar-refractivity contribution in [1.29, 1.82) is 0 Å². The van der Waals surface area contributed by atoms with Crippen molar-refractivity contribution in [2.45, 2.75) is 32.3 Å². The van der Waals surface area contributed by atoms with Gasteiger partial charge in [-0.25, -0.2) is 0 Å². The third-order valence-corrected chi connectivity index (χ3v) is 2.79. The van der Waals surface area contributed by atoms with Crippen LogP contribution >= 0.6 is 0 Å².